The van der Waals surface area contributed by atoms with Gasteiger partial charge in [-0.25, -0.2) is 0 Å². The number of anilines is 1. The van der Waals surface area contributed by atoms with Crippen LogP contribution in [0.15, 0.2) is 28.7 Å². The van der Waals surface area contributed by atoms with Crippen molar-refractivity contribution in [1.29, 1.82) is 0 Å². The number of carbonyl (C=O) groups is 1. The normalized spacial score (nSPS) is 17.4. The van der Waals surface area contributed by atoms with Crippen LogP contribution in [0.1, 0.15) is 23.2 Å². The van der Waals surface area contributed by atoms with Gasteiger partial charge in [0.15, 0.2) is 5.88 Å². The molecule has 5 heteroatoms. The first-order valence-corrected chi connectivity index (χ1v) is 6.91. The van der Waals surface area contributed by atoms with Crippen LogP contribution in [-0.4, -0.2) is 37.0 Å². The fourth-order valence-corrected chi connectivity index (χ4v) is 2.69. The standard InChI is InChI=1S/C15H19N3O2/c1-18-7-5-10(6-8-18)17-15(19)11-3-2-4-13-12(11)9-14(16)20-13/h2-4,9-10H,5-8,16H2,1H3,(H,17,19). The molecule has 1 aromatic heterocycles. The van der Waals surface area contributed by atoms with Crippen LogP contribution in [0, 0.1) is 0 Å². The Kier molecular flexibility index (Phi) is 3.36. The maximum Gasteiger partial charge on any atom is 0.252 e. The van der Waals surface area contributed by atoms with Crippen molar-refractivity contribution in [3.05, 3.63) is 29.8 Å². The number of rotatable bonds is 2. The SMILES string of the molecule is CN1CCC(NC(=O)c2cccc3oc(N)cc23)CC1. The van der Waals surface area contributed by atoms with Crippen molar-refractivity contribution in [3.63, 3.8) is 0 Å². The van der Waals surface area contributed by atoms with Gasteiger partial charge in [0.1, 0.15) is 5.58 Å². The van der Waals surface area contributed by atoms with Gasteiger partial charge in [-0.2, -0.15) is 0 Å². The molecule has 106 valence electrons. The van der Waals surface area contributed by atoms with Crippen molar-refractivity contribution >= 4 is 22.8 Å². The number of amides is 1. The summed E-state index contributed by atoms with van der Waals surface area (Å²) in [7, 11) is 2.10. The van der Waals surface area contributed by atoms with E-state index in [0.717, 1.165) is 31.3 Å². The van der Waals surface area contributed by atoms with Gasteiger partial charge in [0.05, 0.1) is 5.56 Å². The smallest absolute Gasteiger partial charge is 0.252 e. The lowest BCUT2D eigenvalue weighted by Gasteiger charge is -2.29. The average Bonchev–Trinajstić information content (AvgIpc) is 2.81. The Bertz CT molecular complexity index is 627. The predicted octanol–water partition coefficient (Wildman–Crippen LogP) is 1.84. The molecule has 1 aromatic carbocycles. The Hall–Kier alpha value is -2.01. The number of fused-ring (bicyclic) bond motifs is 1. The number of nitrogens with zero attached hydrogens (tertiary/aromatic N) is 1. The molecule has 0 bridgehead atoms. The minimum absolute atomic E-state index is 0.0500. The Morgan fingerprint density at radius 3 is 2.90 bits per heavy atom. The first kappa shape index (κ1) is 13.0. The van der Waals surface area contributed by atoms with Gasteiger partial charge in [0.2, 0.25) is 0 Å². The maximum absolute atomic E-state index is 12.4. The maximum atomic E-state index is 12.4. The van der Waals surface area contributed by atoms with Crippen LogP contribution in [0.5, 0.6) is 0 Å². The molecule has 1 amide bonds. The van der Waals surface area contributed by atoms with Gasteiger partial charge in [0, 0.05) is 17.5 Å². The topological polar surface area (TPSA) is 71.5 Å². The number of furan rings is 1. The van der Waals surface area contributed by atoms with Crippen molar-refractivity contribution in [2.45, 2.75) is 18.9 Å². The molecule has 0 atom stereocenters. The van der Waals surface area contributed by atoms with E-state index in [1.165, 1.54) is 0 Å². The second-order valence-corrected chi connectivity index (χ2v) is 5.42. The minimum Gasteiger partial charge on any atom is -0.441 e. The van der Waals surface area contributed by atoms with Crippen LogP contribution in [0.3, 0.4) is 0 Å². The van der Waals surface area contributed by atoms with Crippen LogP contribution < -0.4 is 11.1 Å². The number of likely N-dealkylation sites (tertiary alicyclic amines) is 1. The number of hydrogen-bond acceptors (Lipinski definition) is 4. The molecule has 1 aliphatic rings. The highest BCUT2D eigenvalue weighted by Gasteiger charge is 2.20. The fraction of sp³-hybridized carbons (Fsp3) is 0.400. The van der Waals surface area contributed by atoms with Gasteiger partial charge in [-0.15, -0.1) is 0 Å². The molecule has 1 aliphatic heterocycles. The zero-order chi connectivity index (χ0) is 14.1. The number of carbonyl (C=O) groups excluding carboxylic acids is 1. The van der Waals surface area contributed by atoms with E-state index in [1.807, 2.05) is 18.2 Å². The zero-order valence-electron chi connectivity index (χ0n) is 11.6. The summed E-state index contributed by atoms with van der Waals surface area (Å²) < 4.78 is 5.35. The van der Waals surface area contributed by atoms with Gasteiger partial charge >= 0.3 is 0 Å². The Balaban J connectivity index is 1.78. The summed E-state index contributed by atoms with van der Waals surface area (Å²) in [6.45, 7) is 2.04. The first-order chi connectivity index (χ1) is 9.63. The molecule has 0 saturated carbocycles. The largest absolute Gasteiger partial charge is 0.441 e. The monoisotopic (exact) mass is 273 g/mol. The Morgan fingerprint density at radius 2 is 2.15 bits per heavy atom. The molecule has 1 saturated heterocycles. The van der Waals surface area contributed by atoms with E-state index in [9.17, 15) is 4.79 Å². The van der Waals surface area contributed by atoms with Crippen molar-refractivity contribution < 1.29 is 9.21 Å². The Morgan fingerprint density at radius 1 is 1.40 bits per heavy atom. The quantitative estimate of drug-likeness (QED) is 0.875. The molecule has 1 fully saturated rings. The summed E-state index contributed by atoms with van der Waals surface area (Å²) in [5.41, 5.74) is 6.93. The predicted molar refractivity (Wildman–Crippen MR) is 78.6 cm³/mol. The number of hydrogen-bond donors (Lipinski definition) is 2. The summed E-state index contributed by atoms with van der Waals surface area (Å²) in [4.78, 5) is 14.7. The number of nitrogens with two attached hydrogens (primary N) is 1. The lowest BCUT2D eigenvalue weighted by atomic mass is 10.0. The lowest BCUT2D eigenvalue weighted by Crippen LogP contribution is -2.43. The third kappa shape index (κ3) is 2.49. The summed E-state index contributed by atoms with van der Waals surface area (Å²) in [6, 6.07) is 7.39. The van der Waals surface area contributed by atoms with Crippen LogP contribution in [0.25, 0.3) is 11.0 Å². The second-order valence-electron chi connectivity index (χ2n) is 5.42. The molecule has 2 aromatic rings. The molecule has 0 spiro atoms. The van der Waals surface area contributed by atoms with Crippen molar-refractivity contribution in [2.24, 2.45) is 0 Å². The summed E-state index contributed by atoms with van der Waals surface area (Å²) in [6.07, 6.45) is 1.98. The summed E-state index contributed by atoms with van der Waals surface area (Å²) in [5.74, 6) is 0.283. The van der Waals surface area contributed by atoms with Crippen LogP contribution in [0.2, 0.25) is 0 Å². The number of nitrogen functional groups attached to an aromatic ring is 1. The van der Waals surface area contributed by atoms with Crippen molar-refractivity contribution in [2.75, 3.05) is 25.9 Å². The first-order valence-electron chi connectivity index (χ1n) is 6.91. The second kappa shape index (κ2) is 5.17. The third-order valence-corrected chi connectivity index (χ3v) is 3.88. The van der Waals surface area contributed by atoms with Gasteiger partial charge in [-0.1, -0.05) is 6.07 Å². The molecule has 3 rings (SSSR count). The molecule has 2 heterocycles. The van der Waals surface area contributed by atoms with Gasteiger partial charge < -0.3 is 20.4 Å². The van der Waals surface area contributed by atoms with E-state index >= 15 is 0 Å². The fourth-order valence-electron chi connectivity index (χ4n) is 2.69. The van der Waals surface area contributed by atoms with Crippen molar-refractivity contribution in [1.82, 2.24) is 10.2 Å². The molecular formula is C15H19N3O2. The van der Waals surface area contributed by atoms with E-state index in [0.29, 0.717) is 17.0 Å². The average molecular weight is 273 g/mol. The van der Waals surface area contributed by atoms with Crippen molar-refractivity contribution in [3.8, 4) is 0 Å². The highest BCUT2D eigenvalue weighted by atomic mass is 16.3. The Labute approximate surface area is 117 Å². The third-order valence-electron chi connectivity index (χ3n) is 3.88. The lowest BCUT2D eigenvalue weighted by molar-refractivity contribution is 0.0918. The van der Waals surface area contributed by atoms with Crippen LogP contribution in [-0.2, 0) is 0 Å². The van der Waals surface area contributed by atoms with E-state index in [4.69, 9.17) is 10.2 Å². The number of benzene rings is 1. The van der Waals surface area contributed by atoms with Crippen LogP contribution in [0.4, 0.5) is 5.88 Å². The molecule has 0 aliphatic carbocycles. The minimum atomic E-state index is -0.0500. The van der Waals surface area contributed by atoms with Gasteiger partial charge in [0.25, 0.3) is 5.91 Å². The van der Waals surface area contributed by atoms with E-state index in [2.05, 4.69) is 17.3 Å². The van der Waals surface area contributed by atoms with Gasteiger partial charge in [-0.3, -0.25) is 4.79 Å². The van der Waals surface area contributed by atoms with Crippen LogP contribution >= 0.6 is 0 Å². The highest BCUT2D eigenvalue weighted by Crippen LogP contribution is 2.24. The molecule has 5 nitrogen and oxygen atoms in total. The molecule has 20 heavy (non-hydrogen) atoms. The van der Waals surface area contributed by atoms with E-state index in [-0.39, 0.29) is 11.9 Å². The number of piperidine rings is 1. The summed E-state index contributed by atoms with van der Waals surface area (Å²) in [5, 5.41) is 3.88. The van der Waals surface area contributed by atoms with E-state index < -0.39 is 0 Å². The highest BCUT2D eigenvalue weighted by molar-refractivity contribution is 6.06. The van der Waals surface area contributed by atoms with Gasteiger partial charge in [-0.05, 0) is 45.1 Å². The summed E-state index contributed by atoms with van der Waals surface area (Å²) >= 11 is 0. The molecule has 0 unspecified atom stereocenters. The van der Waals surface area contributed by atoms with E-state index in [1.54, 1.807) is 6.07 Å². The molecular weight excluding hydrogens is 254 g/mol. The number of nitrogens with one attached hydrogen (secondary N) is 1. The molecule has 0 radical (unpaired) electrons. The molecule has 3 N–H and O–H groups in total. The zero-order valence-corrected chi connectivity index (χ0v) is 11.6.